The molecule has 0 aliphatic carbocycles. The van der Waals surface area contributed by atoms with Gasteiger partial charge in [0.15, 0.2) is 0 Å². The maximum atomic E-state index is 11.9. The standard InChI is InChI=1S/C13H19N5O2/c19-12-10-2-1-3-11(18-10)13(20)17-9-7-15-5-4-14-6-8-16-12/h1-3,14-15H,4-9H2,(H,16,19)(H,17,20). The number of hydrogen-bond donors (Lipinski definition) is 4. The van der Waals surface area contributed by atoms with Gasteiger partial charge >= 0.3 is 0 Å². The fourth-order valence-electron chi connectivity index (χ4n) is 1.82. The van der Waals surface area contributed by atoms with E-state index in [1.54, 1.807) is 18.2 Å². The van der Waals surface area contributed by atoms with Crippen molar-refractivity contribution in [3.63, 3.8) is 0 Å². The van der Waals surface area contributed by atoms with E-state index in [-0.39, 0.29) is 23.2 Å². The number of aromatic nitrogens is 1. The van der Waals surface area contributed by atoms with Crippen LogP contribution in [0, 0.1) is 0 Å². The molecular formula is C13H19N5O2. The van der Waals surface area contributed by atoms with Crippen molar-refractivity contribution in [2.75, 3.05) is 39.3 Å². The fourth-order valence-corrected chi connectivity index (χ4v) is 1.82. The zero-order valence-corrected chi connectivity index (χ0v) is 11.2. The molecule has 0 fully saturated rings. The Labute approximate surface area is 117 Å². The summed E-state index contributed by atoms with van der Waals surface area (Å²) in [5.74, 6) is -0.538. The van der Waals surface area contributed by atoms with Crippen LogP contribution in [0.1, 0.15) is 21.0 Å². The molecule has 0 saturated carbocycles. The summed E-state index contributed by atoms with van der Waals surface area (Å²) in [6.07, 6.45) is 0. The minimum Gasteiger partial charge on any atom is -0.349 e. The van der Waals surface area contributed by atoms with Crippen molar-refractivity contribution < 1.29 is 9.59 Å². The predicted octanol–water partition coefficient (Wildman–Crippen LogP) is -1.27. The number of nitrogens with zero attached hydrogens (tertiary/aromatic N) is 1. The molecule has 0 unspecified atom stereocenters. The minimum atomic E-state index is -0.269. The number of rotatable bonds is 0. The number of fused-ring (bicyclic) bond motifs is 2. The average Bonchev–Trinajstić information content (AvgIpc) is 2.48. The number of hydrogen-bond acceptors (Lipinski definition) is 5. The lowest BCUT2D eigenvalue weighted by atomic mass is 10.2. The highest BCUT2D eigenvalue weighted by atomic mass is 16.2. The molecule has 2 rings (SSSR count). The molecule has 4 N–H and O–H groups in total. The normalized spacial score (nSPS) is 18.4. The number of carbonyl (C=O) groups excluding carboxylic acids is 2. The molecule has 0 aromatic carbocycles. The molecule has 1 aliphatic rings. The van der Waals surface area contributed by atoms with E-state index in [2.05, 4.69) is 26.3 Å². The number of carbonyl (C=O) groups is 2. The Morgan fingerprint density at radius 2 is 1.20 bits per heavy atom. The molecule has 7 heteroatoms. The molecule has 1 aliphatic heterocycles. The predicted molar refractivity (Wildman–Crippen MR) is 74.6 cm³/mol. The molecule has 0 atom stereocenters. The Bertz CT molecular complexity index is 438. The van der Waals surface area contributed by atoms with E-state index >= 15 is 0 Å². The van der Waals surface area contributed by atoms with Gasteiger partial charge in [0.2, 0.25) is 0 Å². The summed E-state index contributed by atoms with van der Waals surface area (Å²) < 4.78 is 0. The first-order chi connectivity index (χ1) is 9.77. The summed E-state index contributed by atoms with van der Waals surface area (Å²) in [6.45, 7) is 4.08. The second kappa shape index (κ2) is 7.56. The lowest BCUT2D eigenvalue weighted by Gasteiger charge is -2.07. The van der Waals surface area contributed by atoms with Crippen molar-refractivity contribution in [2.45, 2.75) is 0 Å². The summed E-state index contributed by atoms with van der Waals surface area (Å²) in [5.41, 5.74) is 0.510. The van der Waals surface area contributed by atoms with Gasteiger partial charge in [-0.2, -0.15) is 0 Å². The van der Waals surface area contributed by atoms with Crippen LogP contribution in [0.5, 0.6) is 0 Å². The average molecular weight is 277 g/mol. The van der Waals surface area contributed by atoms with Crippen LogP contribution in [0.2, 0.25) is 0 Å². The minimum absolute atomic E-state index is 0.255. The maximum Gasteiger partial charge on any atom is 0.269 e. The molecule has 20 heavy (non-hydrogen) atoms. The van der Waals surface area contributed by atoms with E-state index in [1.165, 1.54) is 0 Å². The zero-order valence-electron chi connectivity index (χ0n) is 11.2. The Kier molecular flexibility index (Phi) is 5.45. The highest BCUT2D eigenvalue weighted by Crippen LogP contribution is 1.99. The van der Waals surface area contributed by atoms with Crippen molar-refractivity contribution in [3.05, 3.63) is 29.6 Å². The van der Waals surface area contributed by atoms with Gasteiger partial charge in [-0.05, 0) is 12.1 Å². The van der Waals surface area contributed by atoms with Gasteiger partial charge in [0.1, 0.15) is 11.4 Å². The molecule has 0 spiro atoms. The van der Waals surface area contributed by atoms with Crippen molar-refractivity contribution in [2.24, 2.45) is 0 Å². The van der Waals surface area contributed by atoms with Crippen molar-refractivity contribution in [1.82, 2.24) is 26.3 Å². The molecular weight excluding hydrogens is 258 g/mol. The van der Waals surface area contributed by atoms with Gasteiger partial charge in [-0.1, -0.05) is 6.07 Å². The van der Waals surface area contributed by atoms with Gasteiger partial charge in [-0.25, -0.2) is 4.98 Å². The van der Waals surface area contributed by atoms with Crippen LogP contribution in [-0.2, 0) is 0 Å². The molecule has 2 amide bonds. The second-order valence-electron chi connectivity index (χ2n) is 4.42. The second-order valence-corrected chi connectivity index (χ2v) is 4.42. The molecule has 2 heterocycles. The maximum absolute atomic E-state index is 11.9. The van der Waals surface area contributed by atoms with Gasteiger partial charge < -0.3 is 21.3 Å². The summed E-state index contributed by atoms with van der Waals surface area (Å²) in [6, 6.07) is 4.85. The largest absolute Gasteiger partial charge is 0.349 e. The van der Waals surface area contributed by atoms with Gasteiger partial charge in [0.25, 0.3) is 11.8 Å². The van der Waals surface area contributed by atoms with Gasteiger partial charge in [-0.3, -0.25) is 9.59 Å². The van der Waals surface area contributed by atoms with E-state index in [0.29, 0.717) is 26.2 Å². The first-order valence-electron chi connectivity index (χ1n) is 6.72. The molecule has 0 saturated heterocycles. The molecule has 0 radical (unpaired) electrons. The van der Waals surface area contributed by atoms with Gasteiger partial charge in [0.05, 0.1) is 0 Å². The molecule has 2 bridgehead atoms. The Morgan fingerprint density at radius 3 is 1.70 bits per heavy atom. The van der Waals surface area contributed by atoms with Gasteiger partial charge in [0, 0.05) is 39.3 Å². The summed E-state index contributed by atoms with van der Waals surface area (Å²) in [7, 11) is 0. The smallest absolute Gasteiger partial charge is 0.269 e. The van der Waals surface area contributed by atoms with Crippen LogP contribution in [0.25, 0.3) is 0 Å². The monoisotopic (exact) mass is 277 g/mol. The zero-order chi connectivity index (χ0) is 14.2. The Morgan fingerprint density at radius 1 is 0.750 bits per heavy atom. The Balaban J connectivity index is 2.07. The third kappa shape index (κ3) is 4.29. The third-order valence-corrected chi connectivity index (χ3v) is 2.87. The van der Waals surface area contributed by atoms with Crippen LogP contribution in [0.15, 0.2) is 18.2 Å². The SMILES string of the molecule is O=C1NCCNCCNCCNC(=O)c2cccc1n2. The van der Waals surface area contributed by atoms with Crippen LogP contribution >= 0.6 is 0 Å². The number of amides is 2. The molecule has 7 nitrogen and oxygen atoms in total. The lowest BCUT2D eigenvalue weighted by Crippen LogP contribution is -2.36. The molecule has 1 aromatic rings. The number of nitrogens with one attached hydrogen (secondary N) is 4. The third-order valence-electron chi connectivity index (χ3n) is 2.87. The lowest BCUT2D eigenvalue weighted by molar-refractivity contribution is 0.0945. The van der Waals surface area contributed by atoms with E-state index in [9.17, 15) is 9.59 Å². The Hall–Kier alpha value is -1.99. The van der Waals surface area contributed by atoms with E-state index < -0.39 is 0 Å². The summed E-state index contributed by atoms with van der Waals surface area (Å²) in [4.78, 5) is 27.8. The van der Waals surface area contributed by atoms with Gasteiger partial charge in [-0.15, -0.1) is 0 Å². The van der Waals surface area contributed by atoms with E-state index in [0.717, 1.165) is 13.1 Å². The van der Waals surface area contributed by atoms with Crippen molar-refractivity contribution in [1.29, 1.82) is 0 Å². The van der Waals surface area contributed by atoms with E-state index in [4.69, 9.17) is 0 Å². The summed E-state index contributed by atoms with van der Waals surface area (Å²) in [5, 5.41) is 11.9. The van der Waals surface area contributed by atoms with Crippen LogP contribution in [0.3, 0.4) is 0 Å². The molecule has 1 aromatic heterocycles. The quantitative estimate of drug-likeness (QED) is 0.474. The van der Waals surface area contributed by atoms with Crippen molar-refractivity contribution >= 4 is 11.8 Å². The number of pyridine rings is 1. The van der Waals surface area contributed by atoms with Crippen molar-refractivity contribution in [3.8, 4) is 0 Å². The first kappa shape index (κ1) is 14.4. The van der Waals surface area contributed by atoms with Crippen LogP contribution in [-0.4, -0.2) is 56.1 Å². The van der Waals surface area contributed by atoms with Crippen LogP contribution in [0.4, 0.5) is 0 Å². The summed E-state index contributed by atoms with van der Waals surface area (Å²) >= 11 is 0. The molecule has 108 valence electrons. The topological polar surface area (TPSA) is 95.1 Å². The highest BCUT2D eigenvalue weighted by Gasteiger charge is 2.11. The first-order valence-corrected chi connectivity index (χ1v) is 6.72. The van der Waals surface area contributed by atoms with E-state index in [1.807, 2.05) is 0 Å². The highest BCUT2D eigenvalue weighted by molar-refractivity contribution is 5.96. The van der Waals surface area contributed by atoms with Crippen LogP contribution < -0.4 is 21.3 Å². The fraction of sp³-hybridized carbons (Fsp3) is 0.462.